The quantitative estimate of drug-likeness (QED) is 0.591. The van der Waals surface area contributed by atoms with Gasteiger partial charge in [-0.2, -0.15) is 0 Å². The fraction of sp³-hybridized carbons (Fsp3) is 0.222. The van der Waals surface area contributed by atoms with Crippen LogP contribution in [0, 0.1) is 12.7 Å². The largest absolute Gasteiger partial charge is 0.303 e. The van der Waals surface area contributed by atoms with Crippen molar-refractivity contribution in [2.45, 2.75) is 13.3 Å². The van der Waals surface area contributed by atoms with Crippen LogP contribution in [-0.2, 0) is 11.2 Å². The standard InChI is InChI=1S/C9H9FO/c1-7-2-3-9(10)8(6-7)4-5-11/h2-3,5-6H,4H2,1H3. The zero-order valence-corrected chi connectivity index (χ0v) is 6.30. The molecule has 0 saturated heterocycles. The molecule has 0 fully saturated rings. The number of benzene rings is 1. The Balaban J connectivity index is 3.01. The van der Waals surface area contributed by atoms with E-state index in [1.54, 1.807) is 12.1 Å². The minimum Gasteiger partial charge on any atom is -0.303 e. The maximum Gasteiger partial charge on any atom is 0.126 e. The molecule has 1 nitrogen and oxygen atoms in total. The number of rotatable bonds is 2. The summed E-state index contributed by atoms with van der Waals surface area (Å²) in [5.74, 6) is -0.303. The molecule has 1 aromatic rings. The maximum absolute atomic E-state index is 12.8. The van der Waals surface area contributed by atoms with Gasteiger partial charge in [-0.15, -0.1) is 0 Å². The van der Waals surface area contributed by atoms with Crippen LogP contribution in [0.2, 0.25) is 0 Å². The van der Waals surface area contributed by atoms with Gasteiger partial charge in [0, 0.05) is 6.42 Å². The zero-order chi connectivity index (χ0) is 8.27. The normalized spacial score (nSPS) is 9.64. The van der Waals surface area contributed by atoms with Gasteiger partial charge in [0.2, 0.25) is 0 Å². The summed E-state index contributed by atoms with van der Waals surface area (Å²) in [7, 11) is 0. The molecule has 11 heavy (non-hydrogen) atoms. The molecule has 0 aliphatic carbocycles. The van der Waals surface area contributed by atoms with Gasteiger partial charge in [0.05, 0.1) is 0 Å². The molecule has 0 N–H and O–H groups in total. The molecule has 0 bridgehead atoms. The van der Waals surface area contributed by atoms with Crippen LogP contribution >= 0.6 is 0 Å². The van der Waals surface area contributed by atoms with E-state index in [2.05, 4.69) is 0 Å². The molecule has 58 valence electrons. The van der Waals surface area contributed by atoms with Crippen molar-refractivity contribution < 1.29 is 9.18 Å². The molecule has 2 heteroatoms. The van der Waals surface area contributed by atoms with E-state index >= 15 is 0 Å². The lowest BCUT2D eigenvalue weighted by Crippen LogP contribution is -1.91. The first kappa shape index (κ1) is 7.92. The van der Waals surface area contributed by atoms with Crippen molar-refractivity contribution in [3.63, 3.8) is 0 Å². The molecular weight excluding hydrogens is 143 g/mol. The molecule has 0 heterocycles. The van der Waals surface area contributed by atoms with Crippen LogP contribution in [0.1, 0.15) is 11.1 Å². The van der Waals surface area contributed by atoms with Crippen molar-refractivity contribution in [1.82, 2.24) is 0 Å². The second-order valence-corrected chi connectivity index (χ2v) is 2.47. The van der Waals surface area contributed by atoms with Gasteiger partial charge in [-0.1, -0.05) is 17.7 Å². The second kappa shape index (κ2) is 3.28. The monoisotopic (exact) mass is 152 g/mol. The number of hydrogen-bond donors (Lipinski definition) is 0. The van der Waals surface area contributed by atoms with Crippen LogP contribution in [-0.4, -0.2) is 6.29 Å². The van der Waals surface area contributed by atoms with Crippen molar-refractivity contribution in [2.75, 3.05) is 0 Å². The molecule has 1 rings (SSSR count). The van der Waals surface area contributed by atoms with Crippen molar-refractivity contribution in [3.8, 4) is 0 Å². The SMILES string of the molecule is Cc1ccc(F)c(CC=O)c1. The van der Waals surface area contributed by atoms with Crippen LogP contribution in [0.25, 0.3) is 0 Å². The van der Waals surface area contributed by atoms with Crippen molar-refractivity contribution in [1.29, 1.82) is 0 Å². The van der Waals surface area contributed by atoms with Gasteiger partial charge in [0.1, 0.15) is 12.1 Å². The number of carbonyl (C=O) groups excluding carboxylic acids is 1. The van der Waals surface area contributed by atoms with Crippen LogP contribution < -0.4 is 0 Å². The lowest BCUT2D eigenvalue weighted by atomic mass is 10.1. The first-order chi connectivity index (χ1) is 5.24. The average Bonchev–Trinajstić information content (AvgIpc) is 1.98. The Kier molecular flexibility index (Phi) is 2.36. The van der Waals surface area contributed by atoms with E-state index in [1.807, 2.05) is 6.92 Å². The molecular formula is C9H9FO. The number of carbonyl (C=O) groups is 1. The van der Waals surface area contributed by atoms with Crippen LogP contribution in [0.15, 0.2) is 18.2 Å². The Morgan fingerprint density at radius 3 is 2.91 bits per heavy atom. The van der Waals surface area contributed by atoms with Gasteiger partial charge in [-0.3, -0.25) is 0 Å². The minimum absolute atomic E-state index is 0.160. The summed E-state index contributed by atoms with van der Waals surface area (Å²) in [6, 6.07) is 4.75. The molecule has 0 radical (unpaired) electrons. The predicted molar refractivity (Wildman–Crippen MR) is 40.9 cm³/mol. The summed E-state index contributed by atoms with van der Waals surface area (Å²) >= 11 is 0. The highest BCUT2D eigenvalue weighted by atomic mass is 19.1. The predicted octanol–water partition coefficient (Wildman–Crippen LogP) is 1.88. The average molecular weight is 152 g/mol. The fourth-order valence-electron chi connectivity index (χ4n) is 0.950. The Bertz CT molecular complexity index is 268. The van der Waals surface area contributed by atoms with Crippen molar-refractivity contribution >= 4 is 6.29 Å². The summed E-state index contributed by atoms with van der Waals surface area (Å²) in [6.07, 6.45) is 0.866. The molecule has 0 saturated carbocycles. The third kappa shape index (κ3) is 1.87. The first-order valence-electron chi connectivity index (χ1n) is 3.42. The Labute approximate surface area is 64.9 Å². The van der Waals surface area contributed by atoms with Crippen molar-refractivity contribution in [2.24, 2.45) is 0 Å². The highest BCUT2D eigenvalue weighted by molar-refractivity contribution is 5.55. The van der Waals surface area contributed by atoms with Gasteiger partial charge in [0.25, 0.3) is 0 Å². The fourth-order valence-corrected chi connectivity index (χ4v) is 0.950. The van der Waals surface area contributed by atoms with Crippen LogP contribution in [0.4, 0.5) is 4.39 Å². The molecule has 0 atom stereocenters. The molecule has 0 spiro atoms. The minimum atomic E-state index is -0.303. The molecule has 0 unspecified atom stereocenters. The van der Waals surface area contributed by atoms with E-state index < -0.39 is 0 Å². The van der Waals surface area contributed by atoms with E-state index in [0.29, 0.717) is 11.8 Å². The number of halogens is 1. The Hall–Kier alpha value is -1.18. The van der Waals surface area contributed by atoms with E-state index in [4.69, 9.17) is 0 Å². The van der Waals surface area contributed by atoms with Gasteiger partial charge in [-0.25, -0.2) is 4.39 Å². The third-order valence-electron chi connectivity index (χ3n) is 1.50. The summed E-state index contributed by atoms with van der Waals surface area (Å²) in [6.45, 7) is 1.87. The highest BCUT2D eigenvalue weighted by Crippen LogP contribution is 2.09. The Morgan fingerprint density at radius 1 is 1.55 bits per heavy atom. The lowest BCUT2D eigenvalue weighted by molar-refractivity contribution is -0.107. The topological polar surface area (TPSA) is 17.1 Å². The smallest absolute Gasteiger partial charge is 0.126 e. The van der Waals surface area contributed by atoms with Gasteiger partial charge >= 0.3 is 0 Å². The number of aldehydes is 1. The molecule has 0 aliphatic rings. The summed E-state index contributed by atoms with van der Waals surface area (Å²) in [5, 5.41) is 0. The first-order valence-corrected chi connectivity index (χ1v) is 3.42. The van der Waals surface area contributed by atoms with Crippen LogP contribution in [0.3, 0.4) is 0 Å². The van der Waals surface area contributed by atoms with Crippen molar-refractivity contribution in [3.05, 3.63) is 35.1 Å². The summed E-state index contributed by atoms with van der Waals surface area (Å²) in [4.78, 5) is 10.1. The molecule has 0 aliphatic heterocycles. The van der Waals surface area contributed by atoms with E-state index in [9.17, 15) is 9.18 Å². The van der Waals surface area contributed by atoms with E-state index in [0.717, 1.165) is 5.56 Å². The van der Waals surface area contributed by atoms with Gasteiger partial charge in [-0.05, 0) is 18.6 Å². The molecule has 1 aromatic carbocycles. The summed E-state index contributed by atoms with van der Waals surface area (Å²) < 4.78 is 12.8. The third-order valence-corrected chi connectivity index (χ3v) is 1.50. The number of aryl methyl sites for hydroxylation is 1. The van der Waals surface area contributed by atoms with Gasteiger partial charge < -0.3 is 4.79 Å². The Morgan fingerprint density at radius 2 is 2.27 bits per heavy atom. The lowest BCUT2D eigenvalue weighted by Gasteiger charge is -1.98. The maximum atomic E-state index is 12.8. The second-order valence-electron chi connectivity index (χ2n) is 2.47. The van der Waals surface area contributed by atoms with Gasteiger partial charge in [0.15, 0.2) is 0 Å². The van der Waals surface area contributed by atoms with E-state index in [-0.39, 0.29) is 12.2 Å². The molecule has 0 aromatic heterocycles. The highest BCUT2D eigenvalue weighted by Gasteiger charge is 1.99. The summed E-state index contributed by atoms with van der Waals surface area (Å²) in [5.41, 5.74) is 1.45. The van der Waals surface area contributed by atoms with E-state index in [1.165, 1.54) is 6.07 Å². The zero-order valence-electron chi connectivity index (χ0n) is 6.30. The molecule has 0 amide bonds. The number of hydrogen-bond acceptors (Lipinski definition) is 1. The van der Waals surface area contributed by atoms with Crippen LogP contribution in [0.5, 0.6) is 0 Å².